The number of alkyl carbamates (subject to hydrolysis) is 1. The van der Waals surface area contributed by atoms with Crippen LogP contribution in [-0.4, -0.2) is 36.0 Å². The highest BCUT2D eigenvalue weighted by molar-refractivity contribution is 5.67. The van der Waals surface area contributed by atoms with E-state index in [0.29, 0.717) is 13.1 Å². The van der Waals surface area contributed by atoms with Crippen molar-refractivity contribution in [3.63, 3.8) is 0 Å². The molecule has 0 spiro atoms. The first kappa shape index (κ1) is 15.5. The van der Waals surface area contributed by atoms with E-state index in [1.807, 2.05) is 6.92 Å². The lowest BCUT2D eigenvalue weighted by Gasteiger charge is -2.21. The molecule has 0 rings (SSSR count). The highest BCUT2D eigenvalue weighted by Crippen LogP contribution is 2.07. The molecule has 0 aliphatic carbocycles. The van der Waals surface area contributed by atoms with Crippen molar-refractivity contribution in [1.29, 1.82) is 0 Å². The van der Waals surface area contributed by atoms with Crippen molar-refractivity contribution in [3.05, 3.63) is 0 Å². The number of carbonyl (C=O) groups excluding carboxylic acids is 1. The van der Waals surface area contributed by atoms with Crippen LogP contribution in [0.2, 0.25) is 0 Å². The molecule has 0 aliphatic heterocycles. The third-order valence-corrected chi connectivity index (χ3v) is 2.05. The number of carbonyl (C=O) groups is 2. The zero-order chi connectivity index (χ0) is 13.5. The summed E-state index contributed by atoms with van der Waals surface area (Å²) in [6, 6.07) is 0. The summed E-state index contributed by atoms with van der Waals surface area (Å²) in [4.78, 5) is 21.7. The monoisotopic (exact) mass is 246 g/mol. The highest BCUT2D eigenvalue weighted by atomic mass is 16.6. The van der Waals surface area contributed by atoms with E-state index in [9.17, 15) is 9.59 Å². The summed E-state index contributed by atoms with van der Waals surface area (Å²) in [7, 11) is 0. The van der Waals surface area contributed by atoms with Gasteiger partial charge in [0.1, 0.15) is 5.60 Å². The van der Waals surface area contributed by atoms with Crippen LogP contribution in [0.15, 0.2) is 0 Å². The Hall–Kier alpha value is -1.46. The number of carboxylic acid groups (broad SMARTS) is 1. The normalized spacial score (nSPS) is 12.7. The standard InChI is InChI=1S/C11H22N2O4/c1-5-8(6-12-9(14)15)7-13-10(16)17-11(2,3)4/h8,12H,5-7H2,1-4H3,(H,13,16)(H,14,15). The van der Waals surface area contributed by atoms with E-state index in [0.717, 1.165) is 6.42 Å². The second-order valence-corrected chi connectivity index (χ2v) is 4.84. The molecule has 0 aromatic rings. The lowest BCUT2D eigenvalue weighted by Crippen LogP contribution is -2.38. The molecule has 0 saturated carbocycles. The molecule has 0 heterocycles. The number of rotatable bonds is 5. The molecule has 0 bridgehead atoms. The third kappa shape index (κ3) is 9.47. The number of amides is 2. The van der Waals surface area contributed by atoms with E-state index in [-0.39, 0.29) is 5.92 Å². The van der Waals surface area contributed by atoms with Crippen molar-refractivity contribution in [2.24, 2.45) is 5.92 Å². The quantitative estimate of drug-likeness (QED) is 0.690. The first-order chi connectivity index (χ1) is 7.74. The van der Waals surface area contributed by atoms with Crippen LogP contribution in [0.25, 0.3) is 0 Å². The van der Waals surface area contributed by atoms with Crippen LogP contribution in [-0.2, 0) is 4.74 Å². The van der Waals surface area contributed by atoms with Crippen molar-refractivity contribution < 1.29 is 19.4 Å². The Bertz CT molecular complexity index is 261. The van der Waals surface area contributed by atoms with Gasteiger partial charge in [0, 0.05) is 13.1 Å². The minimum atomic E-state index is -1.05. The van der Waals surface area contributed by atoms with E-state index in [4.69, 9.17) is 9.84 Å². The minimum Gasteiger partial charge on any atom is -0.465 e. The van der Waals surface area contributed by atoms with Crippen molar-refractivity contribution >= 4 is 12.2 Å². The summed E-state index contributed by atoms with van der Waals surface area (Å²) in [6.07, 6.45) is -0.761. The molecule has 0 fully saturated rings. The van der Waals surface area contributed by atoms with Gasteiger partial charge >= 0.3 is 12.2 Å². The SMILES string of the molecule is CCC(CNC(=O)O)CNC(=O)OC(C)(C)C. The van der Waals surface area contributed by atoms with Crippen LogP contribution in [0.3, 0.4) is 0 Å². The Labute approximate surface area is 102 Å². The molecular weight excluding hydrogens is 224 g/mol. The van der Waals surface area contributed by atoms with E-state index in [1.54, 1.807) is 20.8 Å². The maximum atomic E-state index is 11.3. The molecular formula is C11H22N2O4. The van der Waals surface area contributed by atoms with Gasteiger partial charge in [-0.2, -0.15) is 0 Å². The number of hydrogen-bond donors (Lipinski definition) is 3. The van der Waals surface area contributed by atoms with Gasteiger partial charge < -0.3 is 20.5 Å². The van der Waals surface area contributed by atoms with Gasteiger partial charge in [-0.3, -0.25) is 0 Å². The molecule has 6 heteroatoms. The zero-order valence-electron chi connectivity index (χ0n) is 10.9. The first-order valence-electron chi connectivity index (χ1n) is 5.68. The fourth-order valence-corrected chi connectivity index (χ4v) is 1.13. The Morgan fingerprint density at radius 1 is 1.24 bits per heavy atom. The van der Waals surface area contributed by atoms with E-state index in [2.05, 4.69) is 10.6 Å². The molecule has 2 amide bonds. The Morgan fingerprint density at radius 2 is 1.76 bits per heavy atom. The summed E-state index contributed by atoms with van der Waals surface area (Å²) in [5.41, 5.74) is -0.523. The van der Waals surface area contributed by atoms with Crippen LogP contribution in [0, 0.1) is 5.92 Å². The van der Waals surface area contributed by atoms with Crippen LogP contribution in [0.1, 0.15) is 34.1 Å². The van der Waals surface area contributed by atoms with Crippen molar-refractivity contribution in [3.8, 4) is 0 Å². The Kier molecular flexibility index (Phi) is 6.38. The number of hydrogen-bond acceptors (Lipinski definition) is 3. The van der Waals surface area contributed by atoms with Gasteiger partial charge in [0.15, 0.2) is 0 Å². The topological polar surface area (TPSA) is 87.7 Å². The molecule has 0 aliphatic rings. The van der Waals surface area contributed by atoms with Crippen LogP contribution >= 0.6 is 0 Å². The number of nitrogens with one attached hydrogen (secondary N) is 2. The van der Waals surface area contributed by atoms with Gasteiger partial charge in [-0.05, 0) is 33.1 Å². The van der Waals surface area contributed by atoms with Crippen LogP contribution < -0.4 is 10.6 Å². The molecule has 1 unspecified atom stereocenters. The molecule has 100 valence electrons. The molecule has 17 heavy (non-hydrogen) atoms. The second-order valence-electron chi connectivity index (χ2n) is 4.84. The van der Waals surface area contributed by atoms with Gasteiger partial charge in [0.2, 0.25) is 0 Å². The molecule has 0 saturated heterocycles. The molecule has 3 N–H and O–H groups in total. The smallest absolute Gasteiger partial charge is 0.407 e. The van der Waals surface area contributed by atoms with E-state index >= 15 is 0 Å². The maximum Gasteiger partial charge on any atom is 0.407 e. The van der Waals surface area contributed by atoms with E-state index < -0.39 is 17.8 Å². The summed E-state index contributed by atoms with van der Waals surface area (Å²) in [5.74, 6) is 0.0682. The molecule has 6 nitrogen and oxygen atoms in total. The second kappa shape index (κ2) is 6.98. The average molecular weight is 246 g/mol. The molecule has 0 aromatic heterocycles. The predicted octanol–water partition coefficient (Wildman–Crippen LogP) is 1.80. The van der Waals surface area contributed by atoms with Crippen molar-refractivity contribution in [2.45, 2.75) is 39.7 Å². The lowest BCUT2D eigenvalue weighted by atomic mass is 10.1. The Balaban J connectivity index is 3.90. The van der Waals surface area contributed by atoms with Gasteiger partial charge in [0.05, 0.1) is 0 Å². The highest BCUT2D eigenvalue weighted by Gasteiger charge is 2.17. The van der Waals surface area contributed by atoms with Gasteiger partial charge in [0.25, 0.3) is 0 Å². The fraction of sp³-hybridized carbons (Fsp3) is 0.818. The average Bonchev–Trinajstić information content (AvgIpc) is 2.14. The van der Waals surface area contributed by atoms with Crippen LogP contribution in [0.4, 0.5) is 9.59 Å². The lowest BCUT2D eigenvalue weighted by molar-refractivity contribution is 0.0519. The minimum absolute atomic E-state index is 0.0682. The van der Waals surface area contributed by atoms with E-state index in [1.165, 1.54) is 0 Å². The summed E-state index contributed by atoms with van der Waals surface area (Å²) >= 11 is 0. The first-order valence-corrected chi connectivity index (χ1v) is 5.68. The third-order valence-electron chi connectivity index (χ3n) is 2.05. The Morgan fingerprint density at radius 3 is 2.18 bits per heavy atom. The van der Waals surface area contributed by atoms with Crippen molar-refractivity contribution in [1.82, 2.24) is 10.6 Å². The number of ether oxygens (including phenoxy) is 1. The fourth-order valence-electron chi connectivity index (χ4n) is 1.13. The zero-order valence-corrected chi connectivity index (χ0v) is 10.9. The molecule has 0 radical (unpaired) electrons. The predicted molar refractivity (Wildman–Crippen MR) is 64.0 cm³/mol. The van der Waals surface area contributed by atoms with Crippen molar-refractivity contribution in [2.75, 3.05) is 13.1 Å². The van der Waals surface area contributed by atoms with Gasteiger partial charge in [-0.25, -0.2) is 9.59 Å². The summed E-state index contributed by atoms with van der Waals surface area (Å²) in [6.45, 7) is 8.01. The molecule has 1 atom stereocenters. The summed E-state index contributed by atoms with van der Waals surface area (Å²) < 4.78 is 5.07. The maximum absolute atomic E-state index is 11.3. The van der Waals surface area contributed by atoms with Gasteiger partial charge in [-0.1, -0.05) is 6.92 Å². The molecule has 0 aromatic carbocycles. The van der Waals surface area contributed by atoms with Gasteiger partial charge in [-0.15, -0.1) is 0 Å². The van der Waals surface area contributed by atoms with Crippen LogP contribution in [0.5, 0.6) is 0 Å². The summed E-state index contributed by atoms with van der Waals surface area (Å²) in [5, 5.41) is 13.4. The largest absolute Gasteiger partial charge is 0.465 e.